The third-order valence-electron chi connectivity index (χ3n) is 5.91. The molecule has 4 N–H and O–H groups in total. The minimum Gasteiger partial charge on any atom is -0.428 e. The lowest BCUT2D eigenvalue weighted by molar-refractivity contribution is -0.253. The van der Waals surface area contributed by atoms with Gasteiger partial charge in [0, 0.05) is 24.8 Å². The highest BCUT2D eigenvalue weighted by Crippen LogP contribution is 2.35. The maximum Gasteiger partial charge on any atom is 0.461 e. The number of carbonyl (C=O) groups excluding carboxylic acids is 2. The molecular formula is C24H27ClF5N5O3. The summed E-state index contributed by atoms with van der Waals surface area (Å²) in [5, 5.41) is 10.8. The second-order valence-corrected chi connectivity index (χ2v) is 9.14. The Kier molecular flexibility index (Phi) is 9.58. The molecule has 1 unspecified atom stereocenters. The second kappa shape index (κ2) is 12.5. The SMILES string of the molecule is CCNC(=O)NCC(NC(=O)NC1CCCC1)(c1cc(F)cc(OC(F)(F)C(F)F)c1)c1ccc(Cl)cn1. The molecule has 4 amide bonds. The molecule has 0 radical (unpaired) electrons. The summed E-state index contributed by atoms with van der Waals surface area (Å²) in [7, 11) is 0. The lowest BCUT2D eigenvalue weighted by atomic mass is 9.85. The van der Waals surface area contributed by atoms with Crippen molar-refractivity contribution in [1.29, 1.82) is 0 Å². The summed E-state index contributed by atoms with van der Waals surface area (Å²) in [4.78, 5) is 29.7. The predicted octanol–water partition coefficient (Wildman–Crippen LogP) is 4.92. The van der Waals surface area contributed by atoms with E-state index in [1.54, 1.807) is 6.92 Å². The Morgan fingerprint density at radius 2 is 1.84 bits per heavy atom. The first-order valence-electron chi connectivity index (χ1n) is 11.8. The first kappa shape index (κ1) is 29.2. The number of hydrogen-bond acceptors (Lipinski definition) is 4. The lowest BCUT2D eigenvalue weighted by Crippen LogP contribution is -2.58. The molecule has 1 heterocycles. The summed E-state index contributed by atoms with van der Waals surface area (Å²) in [5.74, 6) is -2.06. The summed E-state index contributed by atoms with van der Waals surface area (Å²) in [6.45, 7) is 1.48. The van der Waals surface area contributed by atoms with Crippen LogP contribution in [0.2, 0.25) is 5.02 Å². The number of aromatic nitrogens is 1. The second-order valence-electron chi connectivity index (χ2n) is 8.70. The van der Waals surface area contributed by atoms with Crippen LogP contribution in [0.15, 0.2) is 36.5 Å². The van der Waals surface area contributed by atoms with Crippen molar-refractivity contribution in [3.8, 4) is 5.75 Å². The molecular weight excluding hydrogens is 537 g/mol. The third-order valence-corrected chi connectivity index (χ3v) is 6.13. The summed E-state index contributed by atoms with van der Waals surface area (Å²) in [6, 6.07) is 3.55. The molecule has 0 saturated heterocycles. The summed E-state index contributed by atoms with van der Waals surface area (Å²) in [6.07, 6.45) is -4.58. The minimum absolute atomic E-state index is 0.0393. The monoisotopic (exact) mass is 563 g/mol. The van der Waals surface area contributed by atoms with Crippen molar-refractivity contribution < 1.29 is 36.3 Å². The number of urea groups is 2. The van der Waals surface area contributed by atoms with E-state index in [0.717, 1.165) is 37.8 Å². The van der Waals surface area contributed by atoms with Crippen LogP contribution in [0.3, 0.4) is 0 Å². The van der Waals surface area contributed by atoms with Gasteiger partial charge in [0.05, 0.1) is 17.3 Å². The molecule has 0 aliphatic heterocycles. The summed E-state index contributed by atoms with van der Waals surface area (Å²) in [5.41, 5.74) is -2.05. The molecule has 1 aromatic carbocycles. The molecule has 1 aromatic heterocycles. The number of amides is 4. The van der Waals surface area contributed by atoms with Gasteiger partial charge < -0.3 is 26.0 Å². The van der Waals surface area contributed by atoms with Crippen LogP contribution < -0.4 is 26.0 Å². The number of nitrogens with zero attached hydrogens (tertiary/aromatic N) is 1. The molecule has 208 valence electrons. The maximum absolute atomic E-state index is 14.7. The van der Waals surface area contributed by atoms with E-state index in [1.807, 2.05) is 0 Å². The van der Waals surface area contributed by atoms with E-state index in [9.17, 15) is 31.5 Å². The van der Waals surface area contributed by atoms with Gasteiger partial charge in [0.2, 0.25) is 0 Å². The molecule has 2 aromatic rings. The van der Waals surface area contributed by atoms with Crippen LogP contribution in [0.5, 0.6) is 5.75 Å². The highest BCUT2D eigenvalue weighted by atomic mass is 35.5. The maximum atomic E-state index is 14.7. The Balaban J connectivity index is 2.12. The van der Waals surface area contributed by atoms with Crippen LogP contribution in [0.1, 0.15) is 43.9 Å². The number of rotatable bonds is 10. The van der Waals surface area contributed by atoms with Crippen molar-refractivity contribution in [1.82, 2.24) is 26.3 Å². The normalized spacial score (nSPS) is 15.6. The van der Waals surface area contributed by atoms with Gasteiger partial charge in [0.15, 0.2) is 0 Å². The standard InChI is InChI=1S/C24H27ClF5N5O3/c1-2-31-21(36)33-13-23(19-8-7-15(25)12-32-19,35-22(37)34-17-5-3-4-6-17)14-9-16(26)11-18(10-14)38-24(29,30)20(27)28/h7-12,17,20H,2-6,13H2,1H3,(H2,31,33,36)(H2,34,35,37). The highest BCUT2D eigenvalue weighted by Gasteiger charge is 2.45. The zero-order valence-electron chi connectivity index (χ0n) is 20.3. The van der Waals surface area contributed by atoms with Crippen molar-refractivity contribution in [2.45, 2.75) is 56.7 Å². The van der Waals surface area contributed by atoms with E-state index < -0.39 is 48.2 Å². The van der Waals surface area contributed by atoms with Gasteiger partial charge in [-0.2, -0.15) is 17.6 Å². The van der Waals surface area contributed by atoms with E-state index in [4.69, 9.17) is 11.6 Å². The van der Waals surface area contributed by atoms with Crippen LogP contribution in [0.25, 0.3) is 0 Å². The van der Waals surface area contributed by atoms with Crippen molar-refractivity contribution in [2.75, 3.05) is 13.1 Å². The van der Waals surface area contributed by atoms with E-state index in [-0.39, 0.29) is 28.9 Å². The van der Waals surface area contributed by atoms with Gasteiger partial charge in [-0.3, -0.25) is 4.98 Å². The molecule has 0 bridgehead atoms. The van der Waals surface area contributed by atoms with Gasteiger partial charge in [0.25, 0.3) is 0 Å². The zero-order valence-corrected chi connectivity index (χ0v) is 21.1. The number of pyridine rings is 1. The summed E-state index contributed by atoms with van der Waals surface area (Å²) >= 11 is 5.97. The number of halogens is 6. The third kappa shape index (κ3) is 7.36. The smallest absolute Gasteiger partial charge is 0.428 e. The van der Waals surface area contributed by atoms with Gasteiger partial charge in [0.1, 0.15) is 17.1 Å². The number of nitrogens with one attached hydrogen (secondary N) is 4. The Morgan fingerprint density at radius 3 is 2.45 bits per heavy atom. The van der Waals surface area contributed by atoms with E-state index >= 15 is 0 Å². The molecule has 1 atom stereocenters. The van der Waals surface area contributed by atoms with Gasteiger partial charge in [-0.1, -0.05) is 24.4 Å². The topological polar surface area (TPSA) is 104 Å². The average molecular weight is 564 g/mol. The molecule has 0 spiro atoms. The Hall–Kier alpha value is -3.35. The van der Waals surface area contributed by atoms with Crippen molar-refractivity contribution in [3.63, 3.8) is 0 Å². The number of alkyl halides is 4. The first-order valence-corrected chi connectivity index (χ1v) is 12.2. The zero-order chi connectivity index (χ0) is 27.9. The van der Waals surface area contributed by atoms with Crippen LogP contribution in [-0.4, -0.2) is 48.7 Å². The molecule has 38 heavy (non-hydrogen) atoms. The van der Waals surface area contributed by atoms with Gasteiger partial charge >= 0.3 is 24.6 Å². The molecule has 1 saturated carbocycles. The minimum atomic E-state index is -4.92. The van der Waals surface area contributed by atoms with Crippen LogP contribution >= 0.6 is 11.6 Å². The Bertz CT molecular complexity index is 1120. The fourth-order valence-corrected chi connectivity index (χ4v) is 4.25. The molecule has 1 aliphatic carbocycles. The molecule has 1 aliphatic rings. The Labute approximate surface area is 220 Å². The van der Waals surface area contributed by atoms with Gasteiger partial charge in [-0.05, 0) is 49.6 Å². The fraction of sp³-hybridized carbons (Fsp3) is 0.458. The number of carbonyl (C=O) groups is 2. The van der Waals surface area contributed by atoms with Crippen LogP contribution in [0, 0.1) is 5.82 Å². The van der Waals surface area contributed by atoms with Gasteiger partial charge in [-0.25, -0.2) is 14.0 Å². The van der Waals surface area contributed by atoms with E-state index in [2.05, 4.69) is 31.0 Å². The van der Waals surface area contributed by atoms with Crippen molar-refractivity contribution in [2.24, 2.45) is 0 Å². The van der Waals surface area contributed by atoms with E-state index in [0.29, 0.717) is 6.07 Å². The van der Waals surface area contributed by atoms with Crippen molar-refractivity contribution in [3.05, 3.63) is 58.6 Å². The summed E-state index contributed by atoms with van der Waals surface area (Å²) < 4.78 is 71.7. The molecule has 1 fully saturated rings. The van der Waals surface area contributed by atoms with Crippen LogP contribution in [0.4, 0.5) is 31.5 Å². The largest absolute Gasteiger partial charge is 0.461 e. The van der Waals surface area contributed by atoms with Gasteiger partial charge in [-0.15, -0.1) is 0 Å². The average Bonchev–Trinajstić information content (AvgIpc) is 3.34. The highest BCUT2D eigenvalue weighted by molar-refractivity contribution is 6.30. The molecule has 8 nitrogen and oxygen atoms in total. The fourth-order valence-electron chi connectivity index (χ4n) is 4.14. The Morgan fingerprint density at radius 1 is 1.13 bits per heavy atom. The molecule has 3 rings (SSSR count). The lowest BCUT2D eigenvalue weighted by Gasteiger charge is -2.36. The first-order chi connectivity index (χ1) is 17.9. The van der Waals surface area contributed by atoms with Crippen molar-refractivity contribution >= 4 is 23.7 Å². The quantitative estimate of drug-likeness (QED) is 0.308. The molecule has 14 heteroatoms. The number of ether oxygens (including phenoxy) is 1. The number of benzene rings is 1. The predicted molar refractivity (Wildman–Crippen MR) is 129 cm³/mol. The van der Waals surface area contributed by atoms with E-state index in [1.165, 1.54) is 18.3 Å². The number of hydrogen-bond donors (Lipinski definition) is 4. The van der Waals surface area contributed by atoms with Crippen LogP contribution in [-0.2, 0) is 5.54 Å².